The predicted molar refractivity (Wildman–Crippen MR) is 138 cm³/mol. The fraction of sp³-hybridized carbons (Fsp3) is 0.516. The van der Waals surface area contributed by atoms with Crippen LogP contribution in [0.2, 0.25) is 0 Å². The monoisotopic (exact) mass is 514 g/mol. The molecule has 0 spiro atoms. The summed E-state index contributed by atoms with van der Waals surface area (Å²) < 4.78 is 55.5. The first kappa shape index (κ1) is 27.3. The van der Waals surface area contributed by atoms with Gasteiger partial charge < -0.3 is 9.47 Å². The largest absolute Gasteiger partial charge is 0.491 e. The number of carbonyl (C=O) groups is 1. The van der Waals surface area contributed by atoms with Crippen molar-refractivity contribution in [3.8, 4) is 5.75 Å². The van der Waals surface area contributed by atoms with Gasteiger partial charge in [-0.2, -0.15) is 0 Å². The standard InChI is InChI=1S/C31H37F3O3/c1-3-4-5-18-36-28-17-12-23(19-27(28)32)31(35)37-24-13-10-22(11-14-24)26-16-15-25(29(33)30(26)34)21-8-6-20(2)7-9-21/h3,12,15-17,19-22,24H,1,4-11,13-14,18H2,2H3. The minimum atomic E-state index is -0.723. The molecule has 2 aromatic rings. The van der Waals surface area contributed by atoms with E-state index < -0.39 is 23.4 Å². The summed E-state index contributed by atoms with van der Waals surface area (Å²) >= 11 is 0. The molecular formula is C31H37F3O3. The van der Waals surface area contributed by atoms with E-state index in [4.69, 9.17) is 9.47 Å². The zero-order chi connectivity index (χ0) is 26.4. The number of carbonyl (C=O) groups excluding carboxylic acids is 1. The molecule has 0 amide bonds. The number of rotatable bonds is 9. The van der Waals surface area contributed by atoms with Crippen LogP contribution in [-0.4, -0.2) is 18.7 Å². The number of halogens is 3. The lowest BCUT2D eigenvalue weighted by Gasteiger charge is -2.30. The highest BCUT2D eigenvalue weighted by Crippen LogP contribution is 2.40. The third kappa shape index (κ3) is 6.77. The molecule has 200 valence electrons. The zero-order valence-electron chi connectivity index (χ0n) is 21.6. The van der Waals surface area contributed by atoms with Crippen LogP contribution >= 0.6 is 0 Å². The van der Waals surface area contributed by atoms with E-state index in [2.05, 4.69) is 13.5 Å². The van der Waals surface area contributed by atoms with E-state index in [-0.39, 0.29) is 29.3 Å². The van der Waals surface area contributed by atoms with Crippen LogP contribution in [0.3, 0.4) is 0 Å². The highest BCUT2D eigenvalue weighted by Gasteiger charge is 2.30. The lowest BCUT2D eigenvalue weighted by atomic mass is 9.77. The van der Waals surface area contributed by atoms with Crippen LogP contribution in [0.15, 0.2) is 43.0 Å². The summed E-state index contributed by atoms with van der Waals surface area (Å²) in [7, 11) is 0. The van der Waals surface area contributed by atoms with Crippen molar-refractivity contribution in [1.82, 2.24) is 0 Å². The van der Waals surface area contributed by atoms with Gasteiger partial charge in [-0.3, -0.25) is 0 Å². The fourth-order valence-corrected chi connectivity index (χ4v) is 5.65. The van der Waals surface area contributed by atoms with E-state index in [1.807, 2.05) is 0 Å². The lowest BCUT2D eigenvalue weighted by molar-refractivity contribution is 0.0193. The third-order valence-corrected chi connectivity index (χ3v) is 7.96. The normalized spacial score (nSPS) is 23.9. The van der Waals surface area contributed by atoms with Gasteiger partial charge in [-0.15, -0.1) is 6.58 Å². The Morgan fingerprint density at radius 3 is 2.08 bits per heavy atom. The van der Waals surface area contributed by atoms with Gasteiger partial charge in [-0.25, -0.2) is 18.0 Å². The van der Waals surface area contributed by atoms with Gasteiger partial charge in [0.1, 0.15) is 6.10 Å². The van der Waals surface area contributed by atoms with Gasteiger partial charge in [0.15, 0.2) is 23.2 Å². The summed E-state index contributed by atoms with van der Waals surface area (Å²) in [6, 6.07) is 7.59. The highest BCUT2D eigenvalue weighted by molar-refractivity contribution is 5.89. The van der Waals surface area contributed by atoms with Crippen molar-refractivity contribution in [2.24, 2.45) is 5.92 Å². The molecule has 2 fully saturated rings. The van der Waals surface area contributed by atoms with Crippen molar-refractivity contribution < 1.29 is 27.4 Å². The molecule has 0 N–H and O–H groups in total. The SMILES string of the molecule is C=CCCCOc1ccc(C(=O)OC2CCC(c3ccc(C4CCC(C)CC4)c(F)c3F)CC2)cc1F. The average molecular weight is 515 g/mol. The van der Waals surface area contributed by atoms with Gasteiger partial charge in [0, 0.05) is 0 Å². The number of ether oxygens (including phenoxy) is 2. The van der Waals surface area contributed by atoms with Gasteiger partial charge >= 0.3 is 5.97 Å². The molecule has 0 aliphatic heterocycles. The van der Waals surface area contributed by atoms with Crippen LogP contribution in [0, 0.1) is 23.4 Å². The Kier molecular flexibility index (Phi) is 9.33. The first-order valence-electron chi connectivity index (χ1n) is 13.6. The fourth-order valence-electron chi connectivity index (χ4n) is 5.65. The number of allylic oxidation sites excluding steroid dienone is 1. The molecule has 0 atom stereocenters. The molecule has 2 aliphatic rings. The molecule has 0 radical (unpaired) electrons. The van der Waals surface area contributed by atoms with Gasteiger partial charge in [-0.05, 0) is 98.4 Å². The summed E-state index contributed by atoms with van der Waals surface area (Å²) in [5.74, 6) is -1.89. The van der Waals surface area contributed by atoms with E-state index >= 15 is 8.78 Å². The topological polar surface area (TPSA) is 35.5 Å². The van der Waals surface area contributed by atoms with Gasteiger partial charge in [0.05, 0.1) is 12.2 Å². The zero-order valence-corrected chi connectivity index (χ0v) is 21.6. The summed E-state index contributed by atoms with van der Waals surface area (Å²) in [6.45, 7) is 6.21. The Balaban J connectivity index is 1.30. The Morgan fingerprint density at radius 2 is 1.51 bits per heavy atom. The summed E-state index contributed by atoms with van der Waals surface area (Å²) in [5.41, 5.74) is 1.05. The van der Waals surface area contributed by atoms with E-state index in [1.54, 1.807) is 18.2 Å². The smallest absolute Gasteiger partial charge is 0.338 e. The molecule has 6 heteroatoms. The summed E-state index contributed by atoms with van der Waals surface area (Å²) in [6.07, 6.45) is 9.16. The predicted octanol–water partition coefficient (Wildman–Crippen LogP) is 8.63. The van der Waals surface area contributed by atoms with Crippen LogP contribution in [0.5, 0.6) is 5.75 Å². The van der Waals surface area contributed by atoms with Crippen LogP contribution < -0.4 is 4.74 Å². The van der Waals surface area contributed by atoms with Gasteiger partial charge in [0.2, 0.25) is 0 Å². The molecular weight excluding hydrogens is 477 g/mol. The second-order valence-electron chi connectivity index (χ2n) is 10.6. The Hall–Kier alpha value is -2.76. The van der Waals surface area contributed by atoms with Crippen LogP contribution in [-0.2, 0) is 4.74 Å². The molecule has 0 bridgehead atoms. The van der Waals surface area contributed by atoms with E-state index in [1.165, 1.54) is 12.1 Å². The molecule has 4 rings (SSSR count). The minimum absolute atomic E-state index is 0.0950. The highest BCUT2D eigenvalue weighted by atomic mass is 19.2. The summed E-state index contributed by atoms with van der Waals surface area (Å²) in [4.78, 5) is 12.6. The van der Waals surface area contributed by atoms with E-state index in [0.717, 1.165) is 44.6 Å². The molecule has 0 unspecified atom stereocenters. The molecule has 2 aliphatic carbocycles. The number of unbranched alkanes of at least 4 members (excludes halogenated alkanes) is 1. The minimum Gasteiger partial charge on any atom is -0.491 e. The van der Waals surface area contributed by atoms with Crippen molar-refractivity contribution in [3.63, 3.8) is 0 Å². The van der Waals surface area contributed by atoms with Crippen molar-refractivity contribution in [1.29, 1.82) is 0 Å². The summed E-state index contributed by atoms with van der Waals surface area (Å²) in [5, 5.41) is 0. The van der Waals surface area contributed by atoms with Gasteiger partial charge in [0.25, 0.3) is 0 Å². The van der Waals surface area contributed by atoms with E-state index in [9.17, 15) is 9.18 Å². The molecule has 0 heterocycles. The molecule has 3 nitrogen and oxygen atoms in total. The van der Waals surface area contributed by atoms with Crippen molar-refractivity contribution in [2.45, 2.75) is 89.1 Å². The van der Waals surface area contributed by atoms with Crippen LogP contribution in [0.4, 0.5) is 13.2 Å². The molecule has 2 saturated carbocycles. The first-order chi connectivity index (χ1) is 17.9. The number of hydrogen-bond donors (Lipinski definition) is 0. The Bertz CT molecular complexity index is 1080. The maximum Gasteiger partial charge on any atom is 0.338 e. The van der Waals surface area contributed by atoms with Crippen molar-refractivity contribution >= 4 is 5.97 Å². The Morgan fingerprint density at radius 1 is 0.919 bits per heavy atom. The van der Waals surface area contributed by atoms with Crippen molar-refractivity contribution in [2.75, 3.05) is 6.61 Å². The van der Waals surface area contributed by atoms with Crippen LogP contribution in [0.25, 0.3) is 0 Å². The van der Waals surface area contributed by atoms with Gasteiger partial charge in [-0.1, -0.05) is 38.0 Å². The molecule has 0 aromatic heterocycles. The van der Waals surface area contributed by atoms with E-state index in [0.29, 0.717) is 49.3 Å². The van der Waals surface area contributed by atoms with Crippen LogP contribution in [0.1, 0.15) is 104 Å². The average Bonchev–Trinajstić information content (AvgIpc) is 2.90. The van der Waals surface area contributed by atoms with Crippen molar-refractivity contribution in [3.05, 3.63) is 77.1 Å². The maximum atomic E-state index is 15.1. The first-order valence-corrected chi connectivity index (χ1v) is 13.6. The second kappa shape index (κ2) is 12.7. The number of benzene rings is 2. The Labute approximate surface area is 218 Å². The molecule has 0 saturated heterocycles. The maximum absolute atomic E-state index is 15.1. The number of hydrogen-bond acceptors (Lipinski definition) is 3. The lowest BCUT2D eigenvalue weighted by Crippen LogP contribution is -2.24. The molecule has 2 aromatic carbocycles. The second-order valence-corrected chi connectivity index (χ2v) is 10.6. The third-order valence-electron chi connectivity index (χ3n) is 7.96. The quantitative estimate of drug-likeness (QED) is 0.191. The molecule has 37 heavy (non-hydrogen) atoms. The number of esters is 1.